The standard InChI is InChI=1S/C9H16N4O/c1-3-11-8(9(10)14)6-13-5-4-12-7(13)2/h4-5,8,11H,3,6H2,1-2H3,(H2,10,14). The van der Waals surface area contributed by atoms with Crippen LogP contribution in [0.15, 0.2) is 12.4 Å². The predicted molar refractivity (Wildman–Crippen MR) is 53.6 cm³/mol. The molecule has 0 aliphatic rings. The van der Waals surface area contributed by atoms with E-state index < -0.39 is 0 Å². The Balaban J connectivity index is 2.64. The Bertz CT molecular complexity index is 308. The number of primary amides is 1. The molecule has 1 heterocycles. The molecule has 0 spiro atoms. The number of hydrogen-bond donors (Lipinski definition) is 2. The van der Waals surface area contributed by atoms with Crippen LogP contribution in [0.3, 0.4) is 0 Å². The van der Waals surface area contributed by atoms with Gasteiger partial charge in [0.25, 0.3) is 0 Å². The van der Waals surface area contributed by atoms with E-state index in [0.29, 0.717) is 6.54 Å². The number of nitrogens with one attached hydrogen (secondary N) is 1. The van der Waals surface area contributed by atoms with Crippen LogP contribution in [0.5, 0.6) is 0 Å². The maximum absolute atomic E-state index is 11.1. The highest BCUT2D eigenvalue weighted by atomic mass is 16.1. The molecule has 0 aromatic carbocycles. The molecule has 0 aliphatic heterocycles. The van der Waals surface area contributed by atoms with E-state index >= 15 is 0 Å². The number of nitrogens with zero attached hydrogens (tertiary/aromatic N) is 2. The summed E-state index contributed by atoms with van der Waals surface area (Å²) in [6.45, 7) is 5.09. The van der Waals surface area contributed by atoms with E-state index in [-0.39, 0.29) is 11.9 Å². The molecule has 0 radical (unpaired) electrons. The number of carbonyl (C=O) groups excluding carboxylic acids is 1. The fourth-order valence-electron chi connectivity index (χ4n) is 1.29. The van der Waals surface area contributed by atoms with E-state index in [1.165, 1.54) is 0 Å². The number of aromatic nitrogens is 2. The van der Waals surface area contributed by atoms with E-state index in [1.807, 2.05) is 24.6 Å². The molecule has 0 saturated carbocycles. The van der Waals surface area contributed by atoms with Gasteiger partial charge < -0.3 is 15.6 Å². The summed E-state index contributed by atoms with van der Waals surface area (Å²) < 4.78 is 1.90. The second kappa shape index (κ2) is 4.76. The first-order chi connectivity index (χ1) is 6.65. The molecule has 1 rings (SSSR count). The van der Waals surface area contributed by atoms with Crippen LogP contribution in [0.25, 0.3) is 0 Å². The van der Waals surface area contributed by atoms with Crippen LogP contribution in [0.1, 0.15) is 12.7 Å². The molecule has 1 aromatic heterocycles. The van der Waals surface area contributed by atoms with Crippen LogP contribution in [0.2, 0.25) is 0 Å². The van der Waals surface area contributed by atoms with E-state index in [0.717, 1.165) is 12.4 Å². The van der Waals surface area contributed by atoms with Crippen LogP contribution >= 0.6 is 0 Å². The first-order valence-electron chi connectivity index (χ1n) is 4.65. The predicted octanol–water partition coefficient (Wildman–Crippen LogP) is -0.345. The topological polar surface area (TPSA) is 72.9 Å². The average Bonchev–Trinajstić information content (AvgIpc) is 2.51. The lowest BCUT2D eigenvalue weighted by Gasteiger charge is -2.15. The summed E-state index contributed by atoms with van der Waals surface area (Å²) in [4.78, 5) is 15.1. The molecule has 0 aliphatic carbocycles. The zero-order valence-corrected chi connectivity index (χ0v) is 8.53. The summed E-state index contributed by atoms with van der Waals surface area (Å²) in [5, 5.41) is 3.02. The molecule has 1 amide bonds. The van der Waals surface area contributed by atoms with Gasteiger partial charge in [-0.1, -0.05) is 6.92 Å². The van der Waals surface area contributed by atoms with Crippen molar-refractivity contribution < 1.29 is 4.79 Å². The van der Waals surface area contributed by atoms with Gasteiger partial charge in [-0.2, -0.15) is 0 Å². The minimum Gasteiger partial charge on any atom is -0.368 e. The lowest BCUT2D eigenvalue weighted by atomic mass is 10.2. The molecule has 5 nitrogen and oxygen atoms in total. The Morgan fingerprint density at radius 1 is 1.79 bits per heavy atom. The highest BCUT2D eigenvalue weighted by Crippen LogP contribution is 1.97. The Kier molecular flexibility index (Phi) is 3.64. The molecule has 0 fully saturated rings. The van der Waals surface area contributed by atoms with Gasteiger partial charge in [0.1, 0.15) is 11.9 Å². The lowest BCUT2D eigenvalue weighted by molar-refractivity contribution is -0.120. The summed E-state index contributed by atoms with van der Waals surface area (Å²) >= 11 is 0. The molecule has 78 valence electrons. The molecular formula is C9H16N4O. The van der Waals surface area contributed by atoms with Gasteiger partial charge in [0.15, 0.2) is 0 Å². The SMILES string of the molecule is CCNC(Cn1ccnc1C)C(N)=O. The van der Waals surface area contributed by atoms with E-state index in [9.17, 15) is 4.79 Å². The molecule has 14 heavy (non-hydrogen) atoms. The quantitative estimate of drug-likeness (QED) is 0.676. The van der Waals surface area contributed by atoms with Crippen LogP contribution in [-0.4, -0.2) is 28.0 Å². The van der Waals surface area contributed by atoms with Gasteiger partial charge in [-0.3, -0.25) is 4.79 Å². The molecule has 1 aromatic rings. The van der Waals surface area contributed by atoms with Crippen molar-refractivity contribution in [1.29, 1.82) is 0 Å². The van der Waals surface area contributed by atoms with Gasteiger partial charge in [0.05, 0.1) is 0 Å². The monoisotopic (exact) mass is 196 g/mol. The number of aryl methyl sites for hydroxylation is 1. The van der Waals surface area contributed by atoms with E-state index in [4.69, 9.17) is 5.73 Å². The second-order valence-corrected chi connectivity index (χ2v) is 3.14. The zero-order chi connectivity index (χ0) is 10.6. The Morgan fingerprint density at radius 2 is 2.50 bits per heavy atom. The molecule has 1 unspecified atom stereocenters. The van der Waals surface area contributed by atoms with Crippen LogP contribution in [0.4, 0.5) is 0 Å². The molecule has 0 bridgehead atoms. The maximum Gasteiger partial charge on any atom is 0.236 e. The van der Waals surface area contributed by atoms with Crippen molar-refractivity contribution >= 4 is 5.91 Å². The van der Waals surface area contributed by atoms with Crippen molar-refractivity contribution in [3.05, 3.63) is 18.2 Å². The molecule has 5 heteroatoms. The third kappa shape index (κ3) is 2.56. The minimum absolute atomic E-state index is 0.326. The number of likely N-dealkylation sites (N-methyl/N-ethyl adjacent to an activating group) is 1. The van der Waals surface area contributed by atoms with Gasteiger partial charge >= 0.3 is 0 Å². The number of nitrogens with two attached hydrogens (primary N) is 1. The first kappa shape index (κ1) is 10.7. The molecule has 0 saturated heterocycles. The van der Waals surface area contributed by atoms with E-state index in [1.54, 1.807) is 6.20 Å². The number of hydrogen-bond acceptors (Lipinski definition) is 3. The summed E-state index contributed by atoms with van der Waals surface area (Å²) in [7, 11) is 0. The van der Waals surface area contributed by atoms with Gasteiger partial charge in [-0.15, -0.1) is 0 Å². The van der Waals surface area contributed by atoms with Crippen LogP contribution in [-0.2, 0) is 11.3 Å². The molecule has 3 N–H and O–H groups in total. The highest BCUT2D eigenvalue weighted by molar-refractivity contribution is 5.79. The van der Waals surface area contributed by atoms with Crippen molar-refractivity contribution in [3.8, 4) is 0 Å². The summed E-state index contributed by atoms with van der Waals surface area (Å²) in [5.74, 6) is 0.550. The third-order valence-electron chi connectivity index (χ3n) is 2.10. The molecular weight excluding hydrogens is 180 g/mol. The van der Waals surface area contributed by atoms with Crippen molar-refractivity contribution in [2.24, 2.45) is 5.73 Å². The number of rotatable bonds is 5. The van der Waals surface area contributed by atoms with Crippen molar-refractivity contribution in [1.82, 2.24) is 14.9 Å². The second-order valence-electron chi connectivity index (χ2n) is 3.14. The summed E-state index contributed by atoms with van der Waals surface area (Å²) in [6, 6.07) is -0.326. The van der Waals surface area contributed by atoms with Gasteiger partial charge in [-0.25, -0.2) is 4.98 Å². The first-order valence-corrected chi connectivity index (χ1v) is 4.65. The Morgan fingerprint density at radius 3 is 2.93 bits per heavy atom. The minimum atomic E-state index is -0.333. The molecule has 1 atom stereocenters. The number of amides is 1. The zero-order valence-electron chi connectivity index (χ0n) is 8.53. The number of carbonyl (C=O) groups is 1. The average molecular weight is 196 g/mol. The lowest BCUT2D eigenvalue weighted by Crippen LogP contribution is -2.44. The fraction of sp³-hybridized carbons (Fsp3) is 0.556. The van der Waals surface area contributed by atoms with Gasteiger partial charge in [-0.05, 0) is 13.5 Å². The van der Waals surface area contributed by atoms with Crippen molar-refractivity contribution in [3.63, 3.8) is 0 Å². The van der Waals surface area contributed by atoms with E-state index in [2.05, 4.69) is 10.3 Å². The van der Waals surface area contributed by atoms with Gasteiger partial charge in [0, 0.05) is 18.9 Å². The highest BCUT2D eigenvalue weighted by Gasteiger charge is 2.14. The maximum atomic E-state index is 11.1. The van der Waals surface area contributed by atoms with Gasteiger partial charge in [0.2, 0.25) is 5.91 Å². The van der Waals surface area contributed by atoms with Crippen LogP contribution < -0.4 is 11.1 Å². The largest absolute Gasteiger partial charge is 0.368 e. The van der Waals surface area contributed by atoms with Crippen LogP contribution in [0, 0.1) is 6.92 Å². The fourth-order valence-corrected chi connectivity index (χ4v) is 1.29. The third-order valence-corrected chi connectivity index (χ3v) is 2.10. The summed E-state index contributed by atoms with van der Waals surface area (Å²) in [5.41, 5.74) is 5.25. The summed E-state index contributed by atoms with van der Waals surface area (Å²) in [6.07, 6.45) is 3.54. The number of imidazole rings is 1. The normalized spacial score (nSPS) is 12.7. The Labute approximate surface area is 83.3 Å². The Hall–Kier alpha value is -1.36. The van der Waals surface area contributed by atoms with Crippen molar-refractivity contribution in [2.75, 3.05) is 6.54 Å². The van der Waals surface area contributed by atoms with Crippen molar-refractivity contribution in [2.45, 2.75) is 26.4 Å². The smallest absolute Gasteiger partial charge is 0.236 e.